The molecule has 0 saturated heterocycles. The highest BCUT2D eigenvalue weighted by molar-refractivity contribution is 5.80. The summed E-state index contributed by atoms with van der Waals surface area (Å²) in [5.74, 6) is -0.539. The number of nitrogens with one attached hydrogen (secondary N) is 1. The average molecular weight is 236 g/mol. The summed E-state index contributed by atoms with van der Waals surface area (Å²) < 4.78 is 5.31. The van der Waals surface area contributed by atoms with Gasteiger partial charge in [0.2, 0.25) is 5.91 Å². The first-order valence-corrected chi connectivity index (χ1v) is 5.72. The molecule has 0 fully saturated rings. The lowest BCUT2D eigenvalue weighted by Gasteiger charge is -2.22. The third-order valence-corrected chi connectivity index (χ3v) is 2.94. The average Bonchev–Trinajstić information content (AvgIpc) is 2.75. The molecule has 92 valence electrons. The number of carbonyl (C=O) groups excluding carboxylic acids is 2. The number of carboxylic acids is 1. The van der Waals surface area contributed by atoms with Crippen LogP contribution in [0.2, 0.25) is 0 Å². The number of aryl methyl sites for hydroxylation is 1. The van der Waals surface area contributed by atoms with Crippen molar-refractivity contribution in [3.63, 3.8) is 0 Å². The summed E-state index contributed by atoms with van der Waals surface area (Å²) >= 11 is 0. The molecule has 0 aliphatic heterocycles. The summed E-state index contributed by atoms with van der Waals surface area (Å²) in [5.41, 5.74) is 1.01. The molecule has 1 heterocycles. The molecule has 1 aliphatic carbocycles. The summed E-state index contributed by atoms with van der Waals surface area (Å²) in [6.45, 7) is 0. The number of furan rings is 1. The van der Waals surface area contributed by atoms with Gasteiger partial charge >= 0.3 is 0 Å². The highest BCUT2D eigenvalue weighted by Crippen LogP contribution is 2.30. The zero-order valence-electron chi connectivity index (χ0n) is 9.40. The van der Waals surface area contributed by atoms with Gasteiger partial charge in [0.15, 0.2) is 0 Å². The second-order valence-corrected chi connectivity index (χ2v) is 4.18. The summed E-state index contributed by atoms with van der Waals surface area (Å²) in [6, 6.07) is 1.81. The fraction of sp³-hybridized carbons (Fsp3) is 0.500. The fourth-order valence-electron chi connectivity index (χ4n) is 2.12. The van der Waals surface area contributed by atoms with Crippen molar-refractivity contribution < 1.29 is 19.1 Å². The van der Waals surface area contributed by atoms with Gasteiger partial charge in [-0.1, -0.05) is 0 Å². The molecule has 5 heteroatoms. The molecule has 2 rings (SSSR count). The Morgan fingerprint density at radius 3 is 3.06 bits per heavy atom. The summed E-state index contributed by atoms with van der Waals surface area (Å²) in [4.78, 5) is 21.8. The summed E-state index contributed by atoms with van der Waals surface area (Å²) in [6.07, 6.45) is 4.07. The number of aliphatic carboxylic acids is 1. The van der Waals surface area contributed by atoms with Gasteiger partial charge in [-0.3, -0.25) is 4.79 Å². The van der Waals surface area contributed by atoms with Gasteiger partial charge in [0.05, 0.1) is 12.3 Å². The lowest BCUT2D eigenvalue weighted by molar-refractivity contribution is -0.305. The number of carbonyl (C=O) groups is 2. The Bertz CT molecular complexity index is 424. The number of fused-ring (bicyclic) bond motifs is 1. The maximum absolute atomic E-state index is 11.5. The fourth-order valence-corrected chi connectivity index (χ4v) is 2.12. The Kier molecular flexibility index (Phi) is 3.46. The topological polar surface area (TPSA) is 82.4 Å². The molecule has 1 atom stereocenters. The van der Waals surface area contributed by atoms with Crippen molar-refractivity contribution in [3.05, 3.63) is 23.7 Å². The van der Waals surface area contributed by atoms with Gasteiger partial charge in [0.1, 0.15) is 5.76 Å². The van der Waals surface area contributed by atoms with Crippen LogP contribution in [-0.2, 0) is 16.0 Å². The van der Waals surface area contributed by atoms with Crippen molar-refractivity contribution in [3.8, 4) is 0 Å². The Morgan fingerprint density at radius 2 is 2.29 bits per heavy atom. The second kappa shape index (κ2) is 5.03. The van der Waals surface area contributed by atoms with Crippen LogP contribution in [0.1, 0.15) is 43.0 Å². The normalized spacial score (nSPS) is 18.5. The molecule has 0 spiro atoms. The van der Waals surface area contributed by atoms with Crippen molar-refractivity contribution in [1.29, 1.82) is 0 Å². The Hall–Kier alpha value is -1.78. The van der Waals surface area contributed by atoms with E-state index in [1.807, 2.05) is 6.07 Å². The molecule has 0 aromatic carbocycles. The van der Waals surface area contributed by atoms with Crippen LogP contribution in [0.25, 0.3) is 0 Å². The highest BCUT2D eigenvalue weighted by Gasteiger charge is 2.23. The minimum absolute atomic E-state index is 0.0357. The van der Waals surface area contributed by atoms with Gasteiger partial charge in [0, 0.05) is 24.4 Å². The Labute approximate surface area is 98.8 Å². The minimum atomic E-state index is -1.20. The van der Waals surface area contributed by atoms with E-state index >= 15 is 0 Å². The van der Waals surface area contributed by atoms with E-state index in [1.165, 1.54) is 0 Å². The molecule has 17 heavy (non-hydrogen) atoms. The number of rotatable bonds is 4. The largest absolute Gasteiger partial charge is 0.550 e. The van der Waals surface area contributed by atoms with E-state index in [-0.39, 0.29) is 24.8 Å². The van der Waals surface area contributed by atoms with Gasteiger partial charge in [0.25, 0.3) is 0 Å². The van der Waals surface area contributed by atoms with Crippen LogP contribution in [0.4, 0.5) is 0 Å². The first-order valence-electron chi connectivity index (χ1n) is 5.72. The van der Waals surface area contributed by atoms with Gasteiger partial charge in [-0.2, -0.15) is 0 Å². The minimum Gasteiger partial charge on any atom is -0.550 e. The Balaban J connectivity index is 1.92. The van der Waals surface area contributed by atoms with Crippen molar-refractivity contribution >= 4 is 11.9 Å². The third-order valence-electron chi connectivity index (χ3n) is 2.94. The summed E-state index contributed by atoms with van der Waals surface area (Å²) in [5, 5.41) is 13.1. The number of amides is 1. The monoisotopic (exact) mass is 236 g/mol. The predicted molar refractivity (Wildman–Crippen MR) is 56.8 cm³/mol. The van der Waals surface area contributed by atoms with Crippen molar-refractivity contribution in [1.82, 2.24) is 5.32 Å². The van der Waals surface area contributed by atoms with Crippen LogP contribution in [0.5, 0.6) is 0 Å². The molecule has 0 radical (unpaired) electrons. The molecule has 1 aromatic heterocycles. The summed E-state index contributed by atoms with van der Waals surface area (Å²) in [7, 11) is 0. The number of hydrogen-bond acceptors (Lipinski definition) is 4. The van der Waals surface area contributed by atoms with Crippen molar-refractivity contribution in [2.75, 3.05) is 0 Å². The molecule has 0 unspecified atom stereocenters. The third kappa shape index (κ3) is 2.87. The molecule has 1 N–H and O–H groups in total. The molecule has 1 aliphatic rings. The molecule has 1 amide bonds. The van der Waals surface area contributed by atoms with Gasteiger partial charge in [-0.05, 0) is 25.3 Å². The first-order chi connectivity index (χ1) is 8.16. The predicted octanol–water partition coefficient (Wildman–Crippen LogP) is 0.303. The smallest absolute Gasteiger partial charge is 0.220 e. The Morgan fingerprint density at radius 1 is 1.47 bits per heavy atom. The second-order valence-electron chi connectivity index (χ2n) is 4.18. The number of hydrogen-bond donors (Lipinski definition) is 1. The molecule has 1 aromatic rings. The maximum atomic E-state index is 11.5. The van der Waals surface area contributed by atoms with E-state index in [1.54, 1.807) is 6.26 Å². The maximum Gasteiger partial charge on any atom is 0.220 e. The van der Waals surface area contributed by atoms with Crippen LogP contribution in [0.3, 0.4) is 0 Å². The van der Waals surface area contributed by atoms with E-state index < -0.39 is 5.97 Å². The van der Waals surface area contributed by atoms with E-state index in [2.05, 4.69) is 5.32 Å². The van der Waals surface area contributed by atoms with Gasteiger partial charge in [-0.15, -0.1) is 0 Å². The van der Waals surface area contributed by atoms with E-state index in [0.29, 0.717) is 0 Å². The van der Waals surface area contributed by atoms with Crippen molar-refractivity contribution in [2.24, 2.45) is 0 Å². The van der Waals surface area contributed by atoms with Gasteiger partial charge < -0.3 is 19.6 Å². The number of carboxylic acid groups (broad SMARTS) is 1. The zero-order valence-corrected chi connectivity index (χ0v) is 9.40. The van der Waals surface area contributed by atoms with Crippen molar-refractivity contribution in [2.45, 2.75) is 38.1 Å². The van der Waals surface area contributed by atoms with Crippen LogP contribution < -0.4 is 10.4 Å². The van der Waals surface area contributed by atoms with Gasteiger partial charge in [-0.25, -0.2) is 0 Å². The first kappa shape index (κ1) is 11.7. The quantitative estimate of drug-likeness (QED) is 0.815. The molecule has 0 bridgehead atoms. The molecular formula is C12H14NO4-. The molecule has 5 nitrogen and oxygen atoms in total. The lowest BCUT2D eigenvalue weighted by Crippen LogP contribution is -2.32. The van der Waals surface area contributed by atoms with Crippen LogP contribution in [-0.4, -0.2) is 11.9 Å². The van der Waals surface area contributed by atoms with Crippen LogP contribution in [0, 0.1) is 0 Å². The SMILES string of the molecule is O=C([O-])CCC(=O)N[C@H]1CCCc2occc21. The van der Waals surface area contributed by atoms with Crippen LogP contribution >= 0.6 is 0 Å². The van der Waals surface area contributed by atoms with E-state index in [4.69, 9.17) is 4.42 Å². The molecule has 0 saturated carbocycles. The van der Waals surface area contributed by atoms with E-state index in [0.717, 1.165) is 30.6 Å². The highest BCUT2D eigenvalue weighted by atomic mass is 16.4. The molecular weight excluding hydrogens is 222 g/mol. The van der Waals surface area contributed by atoms with E-state index in [9.17, 15) is 14.7 Å². The zero-order chi connectivity index (χ0) is 12.3. The van der Waals surface area contributed by atoms with Crippen LogP contribution in [0.15, 0.2) is 16.7 Å². The standard InChI is InChI=1S/C12H15NO4/c14-11(4-5-12(15)16)13-9-2-1-3-10-8(9)6-7-17-10/h6-7,9H,1-5H2,(H,13,14)(H,15,16)/p-1/t9-/m0/s1. The lowest BCUT2D eigenvalue weighted by atomic mass is 9.93.